The molecule has 0 spiro atoms. The lowest BCUT2D eigenvalue weighted by Crippen LogP contribution is -2.55. The van der Waals surface area contributed by atoms with E-state index in [9.17, 15) is 22.4 Å². The molecule has 8 nitrogen and oxygen atoms in total. The van der Waals surface area contributed by atoms with Gasteiger partial charge in [0.1, 0.15) is 11.9 Å². The van der Waals surface area contributed by atoms with Gasteiger partial charge in [0.2, 0.25) is 21.8 Å². The lowest BCUT2D eigenvalue weighted by atomic mass is 10.2. The van der Waals surface area contributed by atoms with Crippen LogP contribution in [0.3, 0.4) is 0 Å². The largest absolute Gasteiger partial charge is 0.352 e. The van der Waals surface area contributed by atoms with Gasteiger partial charge in [0.05, 0.1) is 11.4 Å². The summed E-state index contributed by atoms with van der Waals surface area (Å²) in [5.74, 6) is -0.684. The van der Waals surface area contributed by atoms with Gasteiger partial charge in [-0.05, 0) is 49.9 Å². The molecule has 2 saturated heterocycles. The van der Waals surface area contributed by atoms with Crippen LogP contribution in [0.2, 0.25) is 0 Å². The number of amides is 2. The molecule has 2 amide bonds. The average Bonchev–Trinajstić information content (AvgIpc) is 3.38. The Morgan fingerprint density at radius 2 is 1.67 bits per heavy atom. The fourth-order valence-electron chi connectivity index (χ4n) is 4.06. The van der Waals surface area contributed by atoms with Crippen molar-refractivity contribution in [1.29, 1.82) is 0 Å². The monoisotopic (exact) mass is 438 g/mol. The number of rotatable bonds is 6. The van der Waals surface area contributed by atoms with Crippen LogP contribution in [0.4, 0.5) is 4.39 Å². The van der Waals surface area contributed by atoms with Crippen LogP contribution in [-0.2, 0) is 19.6 Å². The summed E-state index contributed by atoms with van der Waals surface area (Å²) in [6.45, 7) is 2.71. The average molecular weight is 439 g/mol. The molecule has 4 rings (SSSR count). The van der Waals surface area contributed by atoms with Gasteiger partial charge in [-0.3, -0.25) is 14.5 Å². The molecule has 2 heterocycles. The summed E-state index contributed by atoms with van der Waals surface area (Å²) in [4.78, 5) is 28.8. The summed E-state index contributed by atoms with van der Waals surface area (Å²) in [6, 6.07) is 4.28. The van der Waals surface area contributed by atoms with Crippen LogP contribution in [-0.4, -0.2) is 85.7 Å². The third-order valence-corrected chi connectivity index (χ3v) is 7.83. The van der Waals surface area contributed by atoms with Crippen LogP contribution in [0.25, 0.3) is 0 Å². The van der Waals surface area contributed by atoms with E-state index in [1.807, 2.05) is 4.90 Å². The van der Waals surface area contributed by atoms with E-state index >= 15 is 0 Å². The van der Waals surface area contributed by atoms with Crippen molar-refractivity contribution in [2.24, 2.45) is 0 Å². The van der Waals surface area contributed by atoms with E-state index in [0.717, 1.165) is 25.0 Å². The molecular formula is C20H27FN4O4S. The van der Waals surface area contributed by atoms with Gasteiger partial charge in [-0.1, -0.05) is 0 Å². The molecule has 3 aliphatic rings. The van der Waals surface area contributed by atoms with Crippen molar-refractivity contribution in [3.05, 3.63) is 30.1 Å². The number of carbonyl (C=O) groups excluding carboxylic acids is 2. The Bertz CT molecular complexity index is 896. The Labute approximate surface area is 176 Å². The number of hydrogen-bond donors (Lipinski definition) is 1. The van der Waals surface area contributed by atoms with E-state index in [0.29, 0.717) is 51.6 Å². The second-order valence-corrected chi connectivity index (χ2v) is 10.1. The van der Waals surface area contributed by atoms with Gasteiger partial charge < -0.3 is 10.2 Å². The van der Waals surface area contributed by atoms with Gasteiger partial charge in [0.15, 0.2) is 0 Å². The third-order valence-electron chi connectivity index (χ3n) is 5.90. The third kappa shape index (κ3) is 4.65. The maximum atomic E-state index is 13.2. The molecular weight excluding hydrogens is 411 g/mol. The van der Waals surface area contributed by atoms with Crippen LogP contribution in [0.5, 0.6) is 0 Å². The molecule has 3 fully saturated rings. The first kappa shape index (κ1) is 21.2. The first-order chi connectivity index (χ1) is 14.3. The van der Waals surface area contributed by atoms with Crippen molar-refractivity contribution in [2.75, 3.05) is 39.3 Å². The molecule has 10 heteroatoms. The van der Waals surface area contributed by atoms with Crippen LogP contribution >= 0.6 is 0 Å². The minimum absolute atomic E-state index is 0.00454. The summed E-state index contributed by atoms with van der Waals surface area (Å²) >= 11 is 0. The number of piperazine rings is 1. The zero-order valence-electron chi connectivity index (χ0n) is 16.8. The van der Waals surface area contributed by atoms with Gasteiger partial charge in [0.25, 0.3) is 0 Å². The Hall–Kier alpha value is -2.04. The van der Waals surface area contributed by atoms with Crippen LogP contribution in [0.1, 0.15) is 25.7 Å². The summed E-state index contributed by atoms with van der Waals surface area (Å²) in [7, 11) is -3.86. The lowest BCUT2D eigenvalue weighted by molar-refractivity contribution is -0.136. The highest BCUT2D eigenvalue weighted by Gasteiger charge is 2.41. The van der Waals surface area contributed by atoms with E-state index in [4.69, 9.17) is 0 Å². The van der Waals surface area contributed by atoms with E-state index in [2.05, 4.69) is 5.32 Å². The van der Waals surface area contributed by atoms with Crippen LogP contribution in [0.15, 0.2) is 29.2 Å². The molecule has 30 heavy (non-hydrogen) atoms. The van der Waals surface area contributed by atoms with Crippen molar-refractivity contribution in [3.63, 3.8) is 0 Å². The maximum absolute atomic E-state index is 13.2. The number of sulfonamides is 1. The molecule has 1 N–H and O–H groups in total. The number of nitrogens with zero attached hydrogens (tertiary/aromatic N) is 3. The minimum atomic E-state index is -3.86. The van der Waals surface area contributed by atoms with Crippen molar-refractivity contribution in [3.8, 4) is 0 Å². The number of halogens is 1. The highest BCUT2D eigenvalue weighted by molar-refractivity contribution is 7.89. The quantitative estimate of drug-likeness (QED) is 0.695. The zero-order chi connectivity index (χ0) is 21.3. The molecule has 2 aliphatic heterocycles. The fourth-order valence-corrected chi connectivity index (χ4v) is 5.71. The molecule has 1 atom stereocenters. The highest BCUT2D eigenvalue weighted by Crippen LogP contribution is 2.28. The second kappa shape index (κ2) is 8.60. The standard InChI is InChI=1S/C20H27FN4O4S/c21-15-3-7-17(8-4-15)30(28,29)25-9-1-2-18(25)20(27)24-12-10-23(11-13-24)14-19(26)22-16-5-6-16/h3-4,7-8,16,18H,1-2,5-6,9-14H2,(H,22,26). The molecule has 164 valence electrons. The van der Waals surface area contributed by atoms with E-state index in [-0.39, 0.29) is 23.3 Å². The van der Waals surface area contributed by atoms with Gasteiger partial charge in [-0.25, -0.2) is 12.8 Å². The maximum Gasteiger partial charge on any atom is 0.243 e. The summed E-state index contributed by atoms with van der Waals surface area (Å²) < 4.78 is 40.4. The molecule has 0 aromatic heterocycles. The normalized spacial score (nSPS) is 23.5. The lowest BCUT2D eigenvalue weighted by Gasteiger charge is -2.36. The smallest absolute Gasteiger partial charge is 0.243 e. The highest BCUT2D eigenvalue weighted by atomic mass is 32.2. The molecule has 0 radical (unpaired) electrons. The number of benzene rings is 1. The SMILES string of the molecule is O=C(CN1CCN(C(=O)C2CCCN2S(=O)(=O)c2ccc(F)cc2)CC1)NC1CC1. The molecule has 0 bridgehead atoms. The molecule has 1 saturated carbocycles. The first-order valence-electron chi connectivity index (χ1n) is 10.4. The second-order valence-electron chi connectivity index (χ2n) is 8.17. The van der Waals surface area contributed by atoms with Crippen molar-refractivity contribution in [2.45, 2.75) is 42.7 Å². The zero-order valence-corrected chi connectivity index (χ0v) is 17.6. The van der Waals surface area contributed by atoms with Gasteiger partial charge >= 0.3 is 0 Å². The van der Waals surface area contributed by atoms with Crippen molar-refractivity contribution < 1.29 is 22.4 Å². The van der Waals surface area contributed by atoms with Gasteiger partial charge in [0, 0.05) is 38.8 Å². The number of nitrogens with one attached hydrogen (secondary N) is 1. The Balaban J connectivity index is 1.35. The van der Waals surface area contributed by atoms with Crippen LogP contribution in [0, 0.1) is 5.82 Å². The van der Waals surface area contributed by atoms with E-state index in [1.54, 1.807) is 4.90 Å². The van der Waals surface area contributed by atoms with Crippen molar-refractivity contribution in [1.82, 2.24) is 19.4 Å². The van der Waals surface area contributed by atoms with E-state index < -0.39 is 21.9 Å². The predicted molar refractivity (Wildman–Crippen MR) is 107 cm³/mol. The van der Waals surface area contributed by atoms with Crippen LogP contribution < -0.4 is 5.32 Å². The first-order valence-corrected chi connectivity index (χ1v) is 11.9. The fraction of sp³-hybridized carbons (Fsp3) is 0.600. The summed E-state index contributed by atoms with van der Waals surface area (Å²) in [5.41, 5.74) is 0. The Morgan fingerprint density at radius 3 is 2.30 bits per heavy atom. The minimum Gasteiger partial charge on any atom is -0.352 e. The van der Waals surface area contributed by atoms with Crippen molar-refractivity contribution >= 4 is 21.8 Å². The molecule has 1 aromatic carbocycles. The van der Waals surface area contributed by atoms with Gasteiger partial charge in [-0.15, -0.1) is 0 Å². The summed E-state index contributed by atoms with van der Waals surface area (Å²) in [5, 5.41) is 2.96. The predicted octanol–water partition coefficient (Wildman–Crippen LogP) is 0.402. The Morgan fingerprint density at radius 1 is 1.00 bits per heavy atom. The number of hydrogen-bond acceptors (Lipinski definition) is 5. The van der Waals surface area contributed by atoms with Gasteiger partial charge in [-0.2, -0.15) is 4.31 Å². The summed E-state index contributed by atoms with van der Waals surface area (Å²) in [6.07, 6.45) is 3.18. The molecule has 1 unspecified atom stereocenters. The topological polar surface area (TPSA) is 90.0 Å². The molecule has 1 aromatic rings. The number of carbonyl (C=O) groups is 2. The molecule has 1 aliphatic carbocycles. The van der Waals surface area contributed by atoms with E-state index in [1.165, 1.54) is 16.4 Å². The Kier molecular flexibility index (Phi) is 6.08.